The third kappa shape index (κ3) is 2.13. The number of aryl methyl sites for hydroxylation is 1. The average molecular weight is 217 g/mol. The molecule has 0 fully saturated rings. The molecule has 16 heavy (non-hydrogen) atoms. The maximum atomic E-state index is 5.71. The standard InChI is InChI=1S/C11H15N5/c1-7-9(12)3-4-10(15-7)16-8(2)11-13-5-6-14-11/h3-6,8H,12H2,1-2H3,(H,13,14)(H,15,16). The number of imidazole rings is 1. The summed E-state index contributed by atoms with van der Waals surface area (Å²) >= 11 is 0. The molecule has 2 aromatic rings. The van der Waals surface area contributed by atoms with Crippen molar-refractivity contribution >= 4 is 11.5 Å². The van der Waals surface area contributed by atoms with Crippen molar-refractivity contribution in [3.8, 4) is 0 Å². The van der Waals surface area contributed by atoms with Gasteiger partial charge in [-0.25, -0.2) is 9.97 Å². The maximum absolute atomic E-state index is 5.71. The highest BCUT2D eigenvalue weighted by Gasteiger charge is 2.08. The van der Waals surface area contributed by atoms with Gasteiger partial charge in [-0.1, -0.05) is 0 Å². The highest BCUT2D eigenvalue weighted by Crippen LogP contribution is 2.17. The molecular weight excluding hydrogens is 202 g/mol. The lowest BCUT2D eigenvalue weighted by molar-refractivity contribution is 0.803. The molecule has 0 aliphatic heterocycles. The van der Waals surface area contributed by atoms with Gasteiger partial charge in [-0.15, -0.1) is 0 Å². The molecule has 0 saturated heterocycles. The van der Waals surface area contributed by atoms with Crippen molar-refractivity contribution in [1.82, 2.24) is 15.0 Å². The first-order valence-corrected chi connectivity index (χ1v) is 5.16. The number of aromatic nitrogens is 3. The zero-order valence-corrected chi connectivity index (χ0v) is 9.36. The van der Waals surface area contributed by atoms with E-state index in [0.29, 0.717) is 5.69 Å². The van der Waals surface area contributed by atoms with Crippen LogP contribution >= 0.6 is 0 Å². The largest absolute Gasteiger partial charge is 0.397 e. The predicted molar refractivity (Wildman–Crippen MR) is 64.0 cm³/mol. The van der Waals surface area contributed by atoms with Crippen molar-refractivity contribution in [2.24, 2.45) is 0 Å². The van der Waals surface area contributed by atoms with Crippen LogP contribution in [0.2, 0.25) is 0 Å². The van der Waals surface area contributed by atoms with Crippen molar-refractivity contribution in [2.45, 2.75) is 19.9 Å². The summed E-state index contributed by atoms with van der Waals surface area (Å²) in [5.41, 5.74) is 7.24. The van der Waals surface area contributed by atoms with Crippen LogP contribution in [0, 0.1) is 6.92 Å². The number of nitrogens with two attached hydrogens (primary N) is 1. The molecule has 5 heteroatoms. The van der Waals surface area contributed by atoms with Crippen LogP contribution in [-0.4, -0.2) is 15.0 Å². The summed E-state index contributed by atoms with van der Waals surface area (Å²) in [4.78, 5) is 11.6. The van der Waals surface area contributed by atoms with Crippen molar-refractivity contribution < 1.29 is 0 Å². The van der Waals surface area contributed by atoms with Gasteiger partial charge in [0.05, 0.1) is 17.4 Å². The minimum absolute atomic E-state index is 0.0884. The van der Waals surface area contributed by atoms with Gasteiger partial charge in [-0.05, 0) is 26.0 Å². The Kier molecular flexibility index (Phi) is 2.76. The van der Waals surface area contributed by atoms with Crippen LogP contribution in [0.3, 0.4) is 0 Å². The number of hydrogen-bond acceptors (Lipinski definition) is 4. The van der Waals surface area contributed by atoms with Gasteiger partial charge in [0, 0.05) is 12.4 Å². The van der Waals surface area contributed by atoms with Gasteiger partial charge in [0.1, 0.15) is 11.6 Å². The van der Waals surface area contributed by atoms with Crippen LogP contribution in [0.15, 0.2) is 24.5 Å². The van der Waals surface area contributed by atoms with Gasteiger partial charge in [0.15, 0.2) is 0 Å². The van der Waals surface area contributed by atoms with E-state index in [1.165, 1.54) is 0 Å². The van der Waals surface area contributed by atoms with E-state index in [1.807, 2.05) is 26.0 Å². The molecule has 1 unspecified atom stereocenters. The van der Waals surface area contributed by atoms with Crippen LogP contribution < -0.4 is 11.1 Å². The Morgan fingerprint density at radius 3 is 2.88 bits per heavy atom. The average Bonchev–Trinajstić information content (AvgIpc) is 2.77. The van der Waals surface area contributed by atoms with Gasteiger partial charge in [-0.3, -0.25) is 0 Å². The van der Waals surface area contributed by atoms with E-state index in [2.05, 4.69) is 20.3 Å². The number of nitrogens with one attached hydrogen (secondary N) is 2. The van der Waals surface area contributed by atoms with Crippen LogP contribution in [0.1, 0.15) is 24.5 Å². The number of anilines is 2. The summed E-state index contributed by atoms with van der Waals surface area (Å²) in [6.07, 6.45) is 3.53. The molecule has 0 spiro atoms. The Labute approximate surface area is 94.1 Å². The molecule has 0 radical (unpaired) electrons. The van der Waals surface area contributed by atoms with Gasteiger partial charge in [-0.2, -0.15) is 0 Å². The fourth-order valence-corrected chi connectivity index (χ4v) is 1.46. The van der Waals surface area contributed by atoms with Crippen molar-refractivity contribution in [3.05, 3.63) is 36.0 Å². The van der Waals surface area contributed by atoms with Crippen LogP contribution in [0.5, 0.6) is 0 Å². The fraction of sp³-hybridized carbons (Fsp3) is 0.273. The van der Waals surface area contributed by atoms with Crippen molar-refractivity contribution in [3.63, 3.8) is 0 Å². The van der Waals surface area contributed by atoms with E-state index in [1.54, 1.807) is 12.4 Å². The Morgan fingerprint density at radius 2 is 2.25 bits per heavy atom. The third-order valence-electron chi connectivity index (χ3n) is 2.42. The zero-order chi connectivity index (χ0) is 11.5. The molecule has 2 rings (SSSR count). The number of aromatic amines is 1. The normalized spacial score (nSPS) is 12.4. The molecule has 4 N–H and O–H groups in total. The first-order chi connectivity index (χ1) is 7.66. The molecule has 2 heterocycles. The monoisotopic (exact) mass is 217 g/mol. The van der Waals surface area contributed by atoms with Crippen LogP contribution in [-0.2, 0) is 0 Å². The molecule has 2 aromatic heterocycles. The smallest absolute Gasteiger partial charge is 0.128 e. The Bertz CT molecular complexity index is 463. The number of rotatable bonds is 3. The Morgan fingerprint density at radius 1 is 1.44 bits per heavy atom. The van der Waals surface area contributed by atoms with Crippen molar-refractivity contribution in [2.75, 3.05) is 11.1 Å². The second-order valence-electron chi connectivity index (χ2n) is 3.71. The summed E-state index contributed by atoms with van der Waals surface area (Å²) in [7, 11) is 0. The Hall–Kier alpha value is -2.04. The van der Waals surface area contributed by atoms with Gasteiger partial charge >= 0.3 is 0 Å². The number of nitrogen functional groups attached to an aromatic ring is 1. The first-order valence-electron chi connectivity index (χ1n) is 5.16. The molecule has 0 aliphatic rings. The quantitative estimate of drug-likeness (QED) is 0.733. The lowest BCUT2D eigenvalue weighted by atomic mass is 10.3. The minimum atomic E-state index is 0.0884. The predicted octanol–water partition coefficient (Wildman–Crippen LogP) is 1.87. The molecule has 1 atom stereocenters. The highest BCUT2D eigenvalue weighted by atomic mass is 15.1. The lowest BCUT2D eigenvalue weighted by Gasteiger charge is -2.12. The number of hydrogen-bond donors (Lipinski definition) is 3. The van der Waals surface area contributed by atoms with Gasteiger partial charge in [0.25, 0.3) is 0 Å². The summed E-state index contributed by atoms with van der Waals surface area (Å²) in [5.74, 6) is 1.69. The SMILES string of the molecule is Cc1nc(NC(C)c2ncc[nH]2)ccc1N. The zero-order valence-electron chi connectivity index (χ0n) is 9.36. The van der Waals surface area contributed by atoms with Gasteiger partial charge < -0.3 is 16.0 Å². The topological polar surface area (TPSA) is 79.6 Å². The molecule has 0 aromatic carbocycles. The summed E-state index contributed by atoms with van der Waals surface area (Å²) in [6, 6.07) is 3.80. The van der Waals surface area contributed by atoms with E-state index >= 15 is 0 Å². The number of nitrogens with zero attached hydrogens (tertiary/aromatic N) is 2. The summed E-state index contributed by atoms with van der Waals surface area (Å²) < 4.78 is 0. The third-order valence-corrected chi connectivity index (χ3v) is 2.42. The van der Waals surface area contributed by atoms with E-state index < -0.39 is 0 Å². The minimum Gasteiger partial charge on any atom is -0.397 e. The van der Waals surface area contributed by atoms with Crippen LogP contribution in [0.4, 0.5) is 11.5 Å². The second kappa shape index (κ2) is 4.22. The highest BCUT2D eigenvalue weighted by molar-refractivity contribution is 5.49. The number of H-pyrrole nitrogens is 1. The van der Waals surface area contributed by atoms with E-state index in [-0.39, 0.29) is 6.04 Å². The molecule has 0 amide bonds. The Balaban J connectivity index is 2.12. The van der Waals surface area contributed by atoms with E-state index in [4.69, 9.17) is 5.73 Å². The molecule has 84 valence electrons. The fourth-order valence-electron chi connectivity index (χ4n) is 1.46. The first kappa shape index (κ1) is 10.5. The summed E-state index contributed by atoms with van der Waals surface area (Å²) in [5, 5.41) is 3.25. The van der Waals surface area contributed by atoms with E-state index in [9.17, 15) is 0 Å². The number of pyridine rings is 1. The molecule has 0 bridgehead atoms. The molecular formula is C11H15N5. The van der Waals surface area contributed by atoms with Crippen molar-refractivity contribution in [1.29, 1.82) is 0 Å². The molecule has 0 saturated carbocycles. The van der Waals surface area contributed by atoms with Gasteiger partial charge in [0.2, 0.25) is 0 Å². The van der Waals surface area contributed by atoms with E-state index in [0.717, 1.165) is 17.3 Å². The lowest BCUT2D eigenvalue weighted by Crippen LogP contribution is -2.10. The summed E-state index contributed by atoms with van der Waals surface area (Å²) in [6.45, 7) is 3.91. The molecule has 0 aliphatic carbocycles. The second-order valence-corrected chi connectivity index (χ2v) is 3.71. The van der Waals surface area contributed by atoms with Crippen LogP contribution in [0.25, 0.3) is 0 Å². The molecule has 5 nitrogen and oxygen atoms in total. The maximum Gasteiger partial charge on any atom is 0.128 e.